The Morgan fingerprint density at radius 3 is 2.62 bits per heavy atom. The number of alkyl halides is 2. The minimum atomic E-state index is -3.40. The van der Waals surface area contributed by atoms with Crippen molar-refractivity contribution in [2.45, 2.75) is 69.9 Å². The molecule has 0 aromatic heterocycles. The molecule has 6 nitrogen and oxygen atoms in total. The molecular formula is C24H33F2NO5. The number of benzene rings is 1. The Kier molecular flexibility index (Phi) is 10.1. The highest BCUT2D eigenvalue weighted by atomic mass is 19.3. The lowest BCUT2D eigenvalue weighted by Gasteiger charge is -2.22. The molecule has 0 spiro atoms. The van der Waals surface area contributed by atoms with Crippen molar-refractivity contribution < 1.29 is 33.3 Å². The Bertz CT molecular complexity index is 756. The summed E-state index contributed by atoms with van der Waals surface area (Å²) in [6.45, 7) is 2.46. The Balaban J connectivity index is 1.81. The molecule has 1 aromatic carbocycles. The molecule has 1 aromatic rings. The molecule has 8 heteroatoms. The van der Waals surface area contributed by atoms with Crippen LogP contribution in [0.1, 0.15) is 51.9 Å². The van der Waals surface area contributed by atoms with E-state index in [9.17, 15) is 23.5 Å². The number of hydrogen-bond donors (Lipinski definition) is 2. The number of aliphatic carboxylic acids is 1. The van der Waals surface area contributed by atoms with Crippen molar-refractivity contribution >= 4 is 11.9 Å². The van der Waals surface area contributed by atoms with Gasteiger partial charge >= 0.3 is 11.9 Å². The molecule has 1 heterocycles. The Morgan fingerprint density at radius 2 is 1.94 bits per heavy atom. The molecule has 1 fully saturated rings. The standard InChI is InChI=1S/C24H33F2NO5/c1-18(14-16-32-20-9-5-4-6-10-20)21(28)13-12-19-17-24(25,26)23(31)27(19)15-8-3-2-7-11-22(29)30/h4-6,9-10,12-13,18-19,21,28H,2-3,7-8,11,14-17H2,1H3,(H,29,30)/t18-,19-,21-/m0/s1. The quantitative estimate of drug-likeness (QED) is 0.324. The number of aliphatic hydroxyl groups is 1. The summed E-state index contributed by atoms with van der Waals surface area (Å²) in [5.41, 5.74) is 0. The van der Waals surface area contributed by atoms with E-state index in [1.165, 1.54) is 17.1 Å². The number of hydrogen-bond acceptors (Lipinski definition) is 4. The number of rotatable bonds is 14. The predicted molar refractivity (Wildman–Crippen MR) is 117 cm³/mol. The Morgan fingerprint density at radius 1 is 1.25 bits per heavy atom. The van der Waals surface area contributed by atoms with E-state index in [0.717, 1.165) is 5.75 Å². The largest absolute Gasteiger partial charge is 0.494 e. The third-order valence-electron chi connectivity index (χ3n) is 5.68. The molecule has 0 bridgehead atoms. The fourth-order valence-electron chi connectivity index (χ4n) is 3.65. The average molecular weight is 454 g/mol. The third-order valence-corrected chi connectivity index (χ3v) is 5.68. The highest BCUT2D eigenvalue weighted by Crippen LogP contribution is 2.34. The van der Waals surface area contributed by atoms with E-state index in [2.05, 4.69) is 0 Å². The molecule has 2 N–H and O–H groups in total. The zero-order chi connectivity index (χ0) is 23.6. The number of aliphatic hydroxyl groups excluding tert-OH is 1. The van der Waals surface area contributed by atoms with Crippen LogP contribution in [0.15, 0.2) is 42.5 Å². The molecule has 1 amide bonds. The fourth-order valence-corrected chi connectivity index (χ4v) is 3.65. The van der Waals surface area contributed by atoms with Gasteiger partial charge in [0.2, 0.25) is 0 Å². The van der Waals surface area contributed by atoms with Crippen LogP contribution in [0.25, 0.3) is 0 Å². The molecule has 0 saturated carbocycles. The number of ether oxygens (including phenoxy) is 1. The molecule has 178 valence electrons. The van der Waals surface area contributed by atoms with Gasteiger partial charge in [-0.25, -0.2) is 0 Å². The van der Waals surface area contributed by atoms with E-state index < -0.39 is 36.4 Å². The zero-order valence-electron chi connectivity index (χ0n) is 18.5. The second-order valence-electron chi connectivity index (χ2n) is 8.34. The molecule has 0 aliphatic carbocycles. The van der Waals surface area contributed by atoms with Crippen LogP contribution < -0.4 is 4.74 Å². The Hall–Kier alpha value is -2.48. The van der Waals surface area contributed by atoms with Gasteiger partial charge in [0.25, 0.3) is 5.91 Å². The first-order valence-corrected chi connectivity index (χ1v) is 11.2. The number of nitrogens with zero attached hydrogens (tertiary/aromatic N) is 1. The van der Waals surface area contributed by atoms with E-state index in [-0.39, 0.29) is 18.9 Å². The van der Waals surface area contributed by atoms with Gasteiger partial charge < -0.3 is 19.8 Å². The molecule has 32 heavy (non-hydrogen) atoms. The first kappa shape index (κ1) is 25.8. The van der Waals surface area contributed by atoms with Crippen LogP contribution in [0.5, 0.6) is 5.75 Å². The second kappa shape index (κ2) is 12.5. The average Bonchev–Trinajstić information content (AvgIpc) is 2.97. The zero-order valence-corrected chi connectivity index (χ0v) is 18.5. The van der Waals surface area contributed by atoms with Gasteiger partial charge in [-0.1, -0.05) is 50.1 Å². The minimum Gasteiger partial charge on any atom is -0.494 e. The monoisotopic (exact) mass is 453 g/mol. The lowest BCUT2D eigenvalue weighted by Crippen LogP contribution is -2.36. The van der Waals surface area contributed by atoms with E-state index in [1.807, 2.05) is 37.3 Å². The lowest BCUT2D eigenvalue weighted by atomic mass is 10.00. The molecule has 0 radical (unpaired) electrons. The maximum absolute atomic E-state index is 14.0. The molecule has 0 unspecified atom stereocenters. The number of para-hydroxylation sites is 1. The van der Waals surface area contributed by atoms with Crippen molar-refractivity contribution in [3.8, 4) is 5.75 Å². The molecule has 1 saturated heterocycles. The summed E-state index contributed by atoms with van der Waals surface area (Å²) < 4.78 is 33.6. The number of unbranched alkanes of at least 4 members (excludes halogenated alkanes) is 3. The molecule has 1 aliphatic rings. The maximum atomic E-state index is 14.0. The van der Waals surface area contributed by atoms with Gasteiger partial charge in [0.1, 0.15) is 5.75 Å². The summed E-state index contributed by atoms with van der Waals surface area (Å²) in [7, 11) is 0. The topological polar surface area (TPSA) is 87.1 Å². The van der Waals surface area contributed by atoms with Crippen LogP contribution in [0.4, 0.5) is 8.78 Å². The van der Waals surface area contributed by atoms with Gasteiger partial charge in [-0.05, 0) is 37.3 Å². The number of carbonyl (C=O) groups is 2. The predicted octanol–water partition coefficient (Wildman–Crippen LogP) is 4.28. The number of likely N-dealkylation sites (tertiary alicyclic amines) is 1. The summed E-state index contributed by atoms with van der Waals surface area (Å²) in [6, 6.07) is 8.56. The van der Waals surface area contributed by atoms with Crippen molar-refractivity contribution in [2.24, 2.45) is 5.92 Å². The van der Waals surface area contributed by atoms with Crippen molar-refractivity contribution in [1.82, 2.24) is 4.90 Å². The highest BCUT2D eigenvalue weighted by molar-refractivity contribution is 5.86. The van der Waals surface area contributed by atoms with Crippen molar-refractivity contribution in [3.05, 3.63) is 42.5 Å². The van der Waals surface area contributed by atoms with Gasteiger partial charge in [-0.15, -0.1) is 0 Å². The van der Waals surface area contributed by atoms with Crippen LogP contribution in [0.3, 0.4) is 0 Å². The smallest absolute Gasteiger partial charge is 0.327 e. The minimum absolute atomic E-state index is 0.0819. The number of carboxylic acid groups (broad SMARTS) is 1. The number of carbonyl (C=O) groups excluding carboxylic acids is 1. The third kappa shape index (κ3) is 8.22. The first-order valence-electron chi connectivity index (χ1n) is 11.2. The van der Waals surface area contributed by atoms with Crippen LogP contribution >= 0.6 is 0 Å². The second-order valence-corrected chi connectivity index (χ2v) is 8.34. The summed E-state index contributed by atoms with van der Waals surface area (Å²) in [5, 5.41) is 19.0. The normalized spacial score (nSPS) is 19.9. The van der Waals surface area contributed by atoms with Crippen molar-refractivity contribution in [1.29, 1.82) is 0 Å². The number of amides is 1. The first-order chi connectivity index (χ1) is 15.2. The van der Waals surface area contributed by atoms with E-state index >= 15 is 0 Å². The molecule has 1 aliphatic heterocycles. The van der Waals surface area contributed by atoms with Crippen molar-refractivity contribution in [2.75, 3.05) is 13.2 Å². The van der Waals surface area contributed by atoms with Crippen LogP contribution in [-0.4, -0.2) is 58.2 Å². The van der Waals surface area contributed by atoms with Gasteiger partial charge in [-0.2, -0.15) is 8.78 Å². The molecule has 2 rings (SSSR count). The van der Waals surface area contributed by atoms with E-state index in [4.69, 9.17) is 9.84 Å². The fraction of sp³-hybridized carbons (Fsp3) is 0.583. The summed E-state index contributed by atoms with van der Waals surface area (Å²) in [6.07, 6.45) is 4.62. The molecular weight excluding hydrogens is 420 g/mol. The van der Waals surface area contributed by atoms with Gasteiger partial charge in [0.15, 0.2) is 0 Å². The van der Waals surface area contributed by atoms with Crippen LogP contribution in [-0.2, 0) is 9.59 Å². The number of carboxylic acids is 1. The SMILES string of the molecule is C[C@@H](CCOc1ccccc1)[C@@H](O)C=C[C@H]1CC(F)(F)C(=O)N1CCCCCCC(=O)O. The molecule has 3 atom stereocenters. The maximum Gasteiger partial charge on any atom is 0.327 e. The van der Waals surface area contributed by atoms with Crippen LogP contribution in [0.2, 0.25) is 0 Å². The summed E-state index contributed by atoms with van der Waals surface area (Å²) in [5.74, 6) is -4.84. The van der Waals surface area contributed by atoms with Gasteiger partial charge in [0.05, 0.1) is 18.8 Å². The summed E-state index contributed by atoms with van der Waals surface area (Å²) in [4.78, 5) is 23.8. The lowest BCUT2D eigenvalue weighted by molar-refractivity contribution is -0.148. The van der Waals surface area contributed by atoms with E-state index in [0.29, 0.717) is 38.7 Å². The Labute approximate surface area is 187 Å². The van der Waals surface area contributed by atoms with Crippen molar-refractivity contribution in [3.63, 3.8) is 0 Å². The van der Waals surface area contributed by atoms with Crippen LogP contribution in [0, 0.1) is 5.92 Å². The van der Waals surface area contributed by atoms with Gasteiger partial charge in [0, 0.05) is 19.4 Å². The summed E-state index contributed by atoms with van der Waals surface area (Å²) >= 11 is 0. The highest BCUT2D eigenvalue weighted by Gasteiger charge is 2.52. The van der Waals surface area contributed by atoms with E-state index in [1.54, 1.807) is 0 Å². The number of halogens is 2. The van der Waals surface area contributed by atoms with Gasteiger partial charge in [-0.3, -0.25) is 9.59 Å².